The molecule has 0 aliphatic rings. The van der Waals surface area contributed by atoms with E-state index in [9.17, 15) is 14.9 Å². The summed E-state index contributed by atoms with van der Waals surface area (Å²) >= 11 is 14.5. The second-order valence-electron chi connectivity index (χ2n) is 6.55. The number of nitro groups is 1. The van der Waals surface area contributed by atoms with Crippen molar-refractivity contribution in [2.75, 3.05) is 0 Å². The molecule has 0 bridgehead atoms. The zero-order valence-electron chi connectivity index (χ0n) is 15.6. The molecule has 154 valence electrons. The van der Waals surface area contributed by atoms with Gasteiger partial charge in [0.25, 0.3) is 11.2 Å². The molecule has 31 heavy (non-hydrogen) atoms. The molecule has 0 aliphatic heterocycles. The molecule has 1 heterocycles. The van der Waals surface area contributed by atoms with E-state index in [1.165, 1.54) is 16.7 Å². The maximum absolute atomic E-state index is 13.4. The highest BCUT2D eigenvalue weighted by molar-refractivity contribution is 14.1. The number of benzene rings is 3. The highest BCUT2D eigenvalue weighted by Crippen LogP contribution is 2.26. The summed E-state index contributed by atoms with van der Waals surface area (Å²) in [6.07, 6.45) is 3.29. The standard InChI is InChI=1S/C22H12Cl2IN3O3/c23-14-5-8-20(18(24)11-14)27-21(9-4-13-2-1-3-16(10-13)28(30)31)26-19-7-6-15(25)12-17(19)22(27)29/h1-12H/b9-4+. The van der Waals surface area contributed by atoms with Crippen LogP contribution in [0, 0.1) is 13.7 Å². The van der Waals surface area contributed by atoms with Gasteiger partial charge in [-0.05, 0) is 70.6 Å². The van der Waals surface area contributed by atoms with Crippen molar-refractivity contribution in [3.8, 4) is 5.69 Å². The topological polar surface area (TPSA) is 78.0 Å². The highest BCUT2D eigenvalue weighted by Gasteiger charge is 2.14. The molecule has 0 spiro atoms. The molecule has 1 aromatic heterocycles. The highest BCUT2D eigenvalue weighted by atomic mass is 127. The molecule has 0 N–H and O–H groups in total. The Morgan fingerprint density at radius 2 is 1.84 bits per heavy atom. The molecular formula is C22H12Cl2IN3O3. The van der Waals surface area contributed by atoms with E-state index in [0.717, 1.165) is 3.57 Å². The van der Waals surface area contributed by atoms with Crippen LogP contribution in [0.15, 0.2) is 65.5 Å². The van der Waals surface area contributed by atoms with E-state index >= 15 is 0 Å². The molecule has 0 saturated heterocycles. The van der Waals surface area contributed by atoms with Crippen LogP contribution in [0.3, 0.4) is 0 Å². The van der Waals surface area contributed by atoms with Crippen molar-refractivity contribution in [1.29, 1.82) is 0 Å². The summed E-state index contributed by atoms with van der Waals surface area (Å²) in [5.41, 5.74) is 1.25. The maximum Gasteiger partial charge on any atom is 0.270 e. The second-order valence-corrected chi connectivity index (χ2v) is 8.64. The van der Waals surface area contributed by atoms with E-state index in [1.807, 2.05) is 6.07 Å². The third-order valence-corrected chi connectivity index (χ3v) is 5.72. The van der Waals surface area contributed by atoms with Crippen molar-refractivity contribution < 1.29 is 4.92 Å². The van der Waals surface area contributed by atoms with Crippen molar-refractivity contribution in [2.45, 2.75) is 0 Å². The fraction of sp³-hybridized carbons (Fsp3) is 0. The zero-order valence-corrected chi connectivity index (χ0v) is 19.3. The minimum Gasteiger partial charge on any atom is -0.268 e. The second kappa shape index (κ2) is 8.78. The minimum absolute atomic E-state index is 0.0265. The maximum atomic E-state index is 13.4. The lowest BCUT2D eigenvalue weighted by Gasteiger charge is -2.13. The van der Waals surface area contributed by atoms with Gasteiger partial charge in [-0.15, -0.1) is 0 Å². The van der Waals surface area contributed by atoms with Crippen molar-refractivity contribution in [3.63, 3.8) is 0 Å². The van der Waals surface area contributed by atoms with Crippen LogP contribution in [-0.2, 0) is 0 Å². The van der Waals surface area contributed by atoms with E-state index in [1.54, 1.807) is 54.6 Å². The van der Waals surface area contributed by atoms with Crippen molar-refractivity contribution in [1.82, 2.24) is 9.55 Å². The molecule has 0 fully saturated rings. The molecule has 4 aromatic rings. The molecule has 4 rings (SSSR count). The summed E-state index contributed by atoms with van der Waals surface area (Å²) in [5.74, 6) is 0.328. The number of hydrogen-bond donors (Lipinski definition) is 0. The number of non-ortho nitro benzene ring substituents is 1. The molecule has 0 unspecified atom stereocenters. The summed E-state index contributed by atoms with van der Waals surface area (Å²) in [4.78, 5) is 28.6. The largest absolute Gasteiger partial charge is 0.270 e. The van der Waals surface area contributed by atoms with Gasteiger partial charge in [0.1, 0.15) is 5.82 Å². The van der Waals surface area contributed by atoms with Gasteiger partial charge in [-0.1, -0.05) is 41.4 Å². The smallest absolute Gasteiger partial charge is 0.268 e. The van der Waals surface area contributed by atoms with Crippen LogP contribution >= 0.6 is 45.8 Å². The van der Waals surface area contributed by atoms with E-state index in [-0.39, 0.29) is 11.2 Å². The number of rotatable bonds is 4. The summed E-state index contributed by atoms with van der Waals surface area (Å²) in [6.45, 7) is 0. The molecule has 0 radical (unpaired) electrons. The molecule has 9 heteroatoms. The predicted molar refractivity (Wildman–Crippen MR) is 132 cm³/mol. The molecule has 6 nitrogen and oxygen atoms in total. The summed E-state index contributed by atoms with van der Waals surface area (Å²) in [7, 11) is 0. The molecule has 3 aromatic carbocycles. The number of nitrogens with zero attached hydrogens (tertiary/aromatic N) is 3. The number of aromatic nitrogens is 2. The van der Waals surface area contributed by atoms with Gasteiger partial charge in [-0.3, -0.25) is 19.5 Å². The van der Waals surface area contributed by atoms with Crippen molar-refractivity contribution in [3.05, 3.63) is 106 Å². The average molecular weight is 564 g/mol. The number of halogens is 3. The lowest BCUT2D eigenvalue weighted by Crippen LogP contribution is -2.22. The monoisotopic (exact) mass is 563 g/mol. The minimum atomic E-state index is -0.462. The van der Waals surface area contributed by atoms with Crippen LogP contribution in [0.4, 0.5) is 5.69 Å². The Balaban J connectivity index is 1.95. The first kappa shape index (κ1) is 21.5. The van der Waals surface area contributed by atoms with Gasteiger partial charge in [0, 0.05) is 20.7 Å². The van der Waals surface area contributed by atoms with Crippen LogP contribution in [0.1, 0.15) is 11.4 Å². The Labute approximate surface area is 200 Å². The van der Waals surface area contributed by atoms with Crippen LogP contribution in [-0.4, -0.2) is 14.5 Å². The van der Waals surface area contributed by atoms with Gasteiger partial charge in [-0.25, -0.2) is 4.98 Å². The van der Waals surface area contributed by atoms with Gasteiger partial charge >= 0.3 is 0 Å². The lowest BCUT2D eigenvalue weighted by molar-refractivity contribution is -0.384. The van der Waals surface area contributed by atoms with Crippen LogP contribution in [0.5, 0.6) is 0 Å². The van der Waals surface area contributed by atoms with Gasteiger partial charge in [0.2, 0.25) is 0 Å². The molecule has 0 aliphatic carbocycles. The van der Waals surface area contributed by atoms with E-state index in [4.69, 9.17) is 23.2 Å². The number of nitro benzene ring substituents is 1. The zero-order chi connectivity index (χ0) is 22.1. The normalized spacial score (nSPS) is 11.3. The third kappa shape index (κ3) is 4.48. The van der Waals surface area contributed by atoms with Crippen LogP contribution < -0.4 is 5.56 Å². The lowest BCUT2D eigenvalue weighted by atomic mass is 10.2. The molecular weight excluding hydrogens is 552 g/mol. The van der Waals surface area contributed by atoms with Gasteiger partial charge in [-0.2, -0.15) is 0 Å². The van der Waals surface area contributed by atoms with Gasteiger partial charge in [0.05, 0.1) is 26.5 Å². The Kier molecular flexibility index (Phi) is 6.08. The third-order valence-electron chi connectivity index (χ3n) is 4.51. The Morgan fingerprint density at radius 3 is 2.58 bits per heavy atom. The first-order chi connectivity index (χ1) is 14.8. The first-order valence-corrected chi connectivity index (χ1v) is 10.8. The summed E-state index contributed by atoms with van der Waals surface area (Å²) in [5, 5.41) is 12.2. The SMILES string of the molecule is O=c1c2cc(I)ccc2nc(/C=C/c2cccc([N+](=O)[O-])c2)n1-c1ccc(Cl)cc1Cl. The van der Waals surface area contributed by atoms with Crippen molar-refractivity contribution in [2.24, 2.45) is 0 Å². The van der Waals surface area contributed by atoms with E-state index < -0.39 is 4.92 Å². The first-order valence-electron chi connectivity index (χ1n) is 8.94. The Hall–Kier alpha value is -2.75. The Bertz CT molecular complexity index is 1430. The average Bonchev–Trinajstić information content (AvgIpc) is 2.74. The Morgan fingerprint density at radius 1 is 1.03 bits per heavy atom. The van der Waals surface area contributed by atoms with Gasteiger partial charge < -0.3 is 0 Å². The fourth-order valence-corrected chi connectivity index (χ4v) is 4.08. The van der Waals surface area contributed by atoms with Crippen molar-refractivity contribution >= 4 is 74.5 Å². The van der Waals surface area contributed by atoms with E-state index in [2.05, 4.69) is 27.6 Å². The molecule has 0 saturated carbocycles. The molecule has 0 amide bonds. The molecule has 0 atom stereocenters. The summed E-state index contributed by atoms with van der Waals surface area (Å²) < 4.78 is 2.31. The van der Waals surface area contributed by atoms with Gasteiger partial charge in [0.15, 0.2) is 0 Å². The quantitative estimate of drug-likeness (QED) is 0.164. The summed E-state index contributed by atoms with van der Waals surface area (Å²) in [6, 6.07) is 16.4. The van der Waals surface area contributed by atoms with Crippen LogP contribution in [0.25, 0.3) is 28.7 Å². The van der Waals surface area contributed by atoms with E-state index in [0.29, 0.717) is 38.0 Å². The number of fused-ring (bicyclic) bond motifs is 1. The predicted octanol–water partition coefficient (Wildman–Crippen LogP) is 6.38. The van der Waals surface area contributed by atoms with Crippen LogP contribution in [0.2, 0.25) is 10.0 Å². The fourth-order valence-electron chi connectivity index (χ4n) is 3.09. The number of hydrogen-bond acceptors (Lipinski definition) is 4.